The third-order valence-corrected chi connectivity index (χ3v) is 4.44. The summed E-state index contributed by atoms with van der Waals surface area (Å²) in [7, 11) is 3.10. The van der Waals surface area contributed by atoms with Crippen molar-refractivity contribution in [2.24, 2.45) is 16.8 Å². The number of aliphatic imine (C=N–C) groups is 1. The van der Waals surface area contributed by atoms with Gasteiger partial charge in [-0.25, -0.2) is 4.98 Å². The Hall–Kier alpha value is -2.64. The summed E-state index contributed by atoms with van der Waals surface area (Å²) in [5.74, 6) is 0.946. The van der Waals surface area contributed by atoms with Gasteiger partial charge in [-0.15, -0.1) is 0 Å². The Morgan fingerprint density at radius 2 is 2.15 bits per heavy atom. The highest BCUT2D eigenvalue weighted by Gasteiger charge is 2.36. The second-order valence-corrected chi connectivity index (χ2v) is 6.50. The number of esters is 1. The number of aromatic nitrogens is 1. The standard InChI is InChI=1S/C18H27N5O3/c1-12-5-6-15(21-9-12)22-16(24)7-8-20-18(19-3)23-10-13(2)14(11-23)17(25)26-4/h5-6,9,13-14H,7-8,10-11H2,1-4H3,(H,19,20)(H,21,22,24). The van der Waals surface area contributed by atoms with Gasteiger partial charge in [0.15, 0.2) is 5.96 Å². The predicted octanol–water partition coefficient (Wildman–Crippen LogP) is 1.03. The van der Waals surface area contributed by atoms with Gasteiger partial charge in [-0.05, 0) is 24.5 Å². The fraction of sp³-hybridized carbons (Fsp3) is 0.556. The normalized spacial score (nSPS) is 20.0. The van der Waals surface area contributed by atoms with Gasteiger partial charge in [-0.3, -0.25) is 14.6 Å². The van der Waals surface area contributed by atoms with E-state index in [1.807, 2.05) is 24.8 Å². The molecule has 0 bridgehead atoms. The number of carbonyl (C=O) groups is 2. The highest BCUT2D eigenvalue weighted by Crippen LogP contribution is 2.24. The van der Waals surface area contributed by atoms with Crippen molar-refractivity contribution in [1.29, 1.82) is 0 Å². The summed E-state index contributed by atoms with van der Waals surface area (Å²) >= 11 is 0. The molecule has 0 aromatic carbocycles. The lowest BCUT2D eigenvalue weighted by Crippen LogP contribution is -2.41. The van der Waals surface area contributed by atoms with Crippen LogP contribution in [0.25, 0.3) is 0 Å². The SMILES string of the molecule is CN=C(NCCC(=O)Nc1ccc(C)cn1)N1CC(C)C(C(=O)OC)C1. The lowest BCUT2D eigenvalue weighted by Gasteiger charge is -2.21. The van der Waals surface area contributed by atoms with Gasteiger partial charge in [0.05, 0.1) is 13.0 Å². The van der Waals surface area contributed by atoms with Crippen molar-refractivity contribution in [2.75, 3.05) is 39.1 Å². The summed E-state index contributed by atoms with van der Waals surface area (Å²) in [4.78, 5) is 34.2. The van der Waals surface area contributed by atoms with E-state index in [1.54, 1.807) is 19.3 Å². The molecule has 26 heavy (non-hydrogen) atoms. The van der Waals surface area contributed by atoms with E-state index in [9.17, 15) is 9.59 Å². The maximum absolute atomic E-state index is 12.0. The Kier molecular flexibility index (Phi) is 6.94. The minimum atomic E-state index is -0.194. The number of aryl methyl sites for hydroxylation is 1. The van der Waals surface area contributed by atoms with Crippen molar-refractivity contribution in [1.82, 2.24) is 15.2 Å². The zero-order valence-electron chi connectivity index (χ0n) is 15.8. The lowest BCUT2D eigenvalue weighted by atomic mass is 9.99. The number of nitrogens with zero attached hydrogens (tertiary/aromatic N) is 3. The maximum Gasteiger partial charge on any atom is 0.310 e. The first-order valence-electron chi connectivity index (χ1n) is 8.70. The molecule has 0 spiro atoms. The average Bonchev–Trinajstić information content (AvgIpc) is 3.01. The summed E-state index contributed by atoms with van der Waals surface area (Å²) in [6.07, 6.45) is 2.00. The van der Waals surface area contributed by atoms with Crippen molar-refractivity contribution in [3.63, 3.8) is 0 Å². The van der Waals surface area contributed by atoms with Gasteiger partial charge in [0.2, 0.25) is 5.91 Å². The van der Waals surface area contributed by atoms with E-state index >= 15 is 0 Å². The maximum atomic E-state index is 12.0. The molecule has 0 radical (unpaired) electrons. The van der Waals surface area contributed by atoms with Crippen LogP contribution >= 0.6 is 0 Å². The lowest BCUT2D eigenvalue weighted by molar-refractivity contribution is -0.146. The fourth-order valence-corrected chi connectivity index (χ4v) is 2.97. The van der Waals surface area contributed by atoms with Crippen LogP contribution in [0.1, 0.15) is 18.9 Å². The summed E-state index contributed by atoms with van der Waals surface area (Å²) < 4.78 is 4.86. The minimum absolute atomic E-state index is 0.119. The summed E-state index contributed by atoms with van der Waals surface area (Å²) in [6.45, 7) is 5.69. The molecular weight excluding hydrogens is 334 g/mol. The molecule has 142 valence electrons. The number of nitrogens with one attached hydrogen (secondary N) is 2. The van der Waals surface area contributed by atoms with E-state index in [1.165, 1.54) is 7.11 Å². The van der Waals surface area contributed by atoms with Crippen LogP contribution in [0.2, 0.25) is 0 Å². The zero-order chi connectivity index (χ0) is 19.1. The monoisotopic (exact) mass is 361 g/mol. The highest BCUT2D eigenvalue weighted by atomic mass is 16.5. The Labute approximate surface area is 154 Å². The van der Waals surface area contributed by atoms with Crippen molar-refractivity contribution < 1.29 is 14.3 Å². The first kappa shape index (κ1) is 19.7. The molecule has 1 saturated heterocycles. The number of anilines is 1. The molecule has 2 heterocycles. The first-order chi connectivity index (χ1) is 12.4. The molecule has 1 aromatic rings. The molecule has 0 saturated carbocycles. The van der Waals surface area contributed by atoms with Crippen LogP contribution in [0.4, 0.5) is 5.82 Å². The largest absolute Gasteiger partial charge is 0.469 e. The molecule has 0 aliphatic carbocycles. The van der Waals surface area contributed by atoms with Crippen LogP contribution in [0.15, 0.2) is 23.3 Å². The molecule has 2 N–H and O–H groups in total. The second kappa shape index (κ2) is 9.17. The third kappa shape index (κ3) is 5.18. The molecule has 1 aliphatic rings. The van der Waals surface area contributed by atoms with E-state index < -0.39 is 0 Å². The van der Waals surface area contributed by atoms with Crippen molar-refractivity contribution in [3.05, 3.63) is 23.9 Å². The van der Waals surface area contributed by atoms with Gasteiger partial charge in [-0.2, -0.15) is 0 Å². The number of methoxy groups -OCH3 is 1. The predicted molar refractivity (Wildman–Crippen MR) is 99.8 cm³/mol. The van der Waals surface area contributed by atoms with E-state index in [-0.39, 0.29) is 23.7 Å². The van der Waals surface area contributed by atoms with E-state index in [4.69, 9.17) is 4.74 Å². The first-order valence-corrected chi connectivity index (χ1v) is 8.70. The Morgan fingerprint density at radius 3 is 2.77 bits per heavy atom. The number of rotatable bonds is 5. The van der Waals surface area contributed by atoms with Crippen LogP contribution in [0, 0.1) is 18.8 Å². The van der Waals surface area contributed by atoms with E-state index in [0.717, 1.165) is 12.1 Å². The summed E-state index contributed by atoms with van der Waals surface area (Å²) in [5, 5.41) is 5.94. The third-order valence-electron chi connectivity index (χ3n) is 4.44. The molecule has 1 amide bonds. The van der Waals surface area contributed by atoms with Gasteiger partial charge >= 0.3 is 5.97 Å². The molecule has 8 nitrogen and oxygen atoms in total. The number of carbonyl (C=O) groups excluding carboxylic acids is 2. The Morgan fingerprint density at radius 1 is 1.38 bits per heavy atom. The second-order valence-electron chi connectivity index (χ2n) is 6.50. The van der Waals surface area contributed by atoms with Gasteiger partial charge < -0.3 is 20.3 Å². The number of amides is 1. The Bertz CT molecular complexity index is 659. The number of hydrogen-bond donors (Lipinski definition) is 2. The van der Waals surface area contributed by atoms with E-state index in [2.05, 4.69) is 20.6 Å². The minimum Gasteiger partial charge on any atom is -0.469 e. The number of guanidine groups is 1. The van der Waals surface area contributed by atoms with Crippen LogP contribution < -0.4 is 10.6 Å². The van der Waals surface area contributed by atoms with Crippen LogP contribution in [0.3, 0.4) is 0 Å². The van der Waals surface area contributed by atoms with Crippen LogP contribution in [-0.2, 0) is 14.3 Å². The van der Waals surface area contributed by atoms with Crippen molar-refractivity contribution >= 4 is 23.7 Å². The molecule has 8 heteroatoms. The molecule has 2 rings (SSSR count). The summed E-state index contributed by atoms with van der Waals surface area (Å²) in [6, 6.07) is 3.67. The number of pyridine rings is 1. The molecular formula is C18H27N5O3. The fourth-order valence-electron chi connectivity index (χ4n) is 2.97. The van der Waals surface area contributed by atoms with Gasteiger partial charge in [0, 0.05) is 39.3 Å². The van der Waals surface area contributed by atoms with Crippen molar-refractivity contribution in [2.45, 2.75) is 20.3 Å². The van der Waals surface area contributed by atoms with Gasteiger partial charge in [0.1, 0.15) is 5.82 Å². The van der Waals surface area contributed by atoms with Crippen LogP contribution in [-0.4, -0.2) is 61.5 Å². The molecule has 1 aliphatic heterocycles. The number of ether oxygens (including phenoxy) is 1. The van der Waals surface area contributed by atoms with Crippen molar-refractivity contribution in [3.8, 4) is 0 Å². The summed E-state index contributed by atoms with van der Waals surface area (Å²) in [5.41, 5.74) is 1.04. The highest BCUT2D eigenvalue weighted by molar-refractivity contribution is 5.90. The molecule has 1 fully saturated rings. The Balaban J connectivity index is 1.79. The number of hydrogen-bond acceptors (Lipinski definition) is 5. The molecule has 2 atom stereocenters. The number of likely N-dealkylation sites (tertiary alicyclic amines) is 1. The van der Waals surface area contributed by atoms with Crippen LogP contribution in [0.5, 0.6) is 0 Å². The topological polar surface area (TPSA) is 95.9 Å². The van der Waals surface area contributed by atoms with Gasteiger partial charge in [-0.1, -0.05) is 13.0 Å². The molecule has 2 unspecified atom stereocenters. The van der Waals surface area contributed by atoms with Gasteiger partial charge in [0.25, 0.3) is 0 Å². The smallest absolute Gasteiger partial charge is 0.310 e. The quantitative estimate of drug-likeness (QED) is 0.462. The van der Waals surface area contributed by atoms with E-state index in [0.29, 0.717) is 31.3 Å². The zero-order valence-corrected chi connectivity index (χ0v) is 15.8. The molecule has 1 aromatic heterocycles. The average molecular weight is 361 g/mol.